The van der Waals surface area contributed by atoms with Crippen LogP contribution in [0, 0.1) is 6.92 Å². The lowest BCUT2D eigenvalue weighted by molar-refractivity contribution is 0.460. The first kappa shape index (κ1) is 11.2. The van der Waals surface area contributed by atoms with Crippen LogP contribution in [0.15, 0.2) is 41.0 Å². The maximum atomic E-state index is 5.87. The summed E-state index contributed by atoms with van der Waals surface area (Å²) in [7, 11) is 1.92. The van der Waals surface area contributed by atoms with Crippen molar-refractivity contribution in [3.05, 3.63) is 58.5 Å². The SMILES string of the molecule is CNC(c1ccc(Cl)cc1)c1occc1C. The maximum Gasteiger partial charge on any atom is 0.128 e. The van der Waals surface area contributed by atoms with Crippen molar-refractivity contribution in [2.45, 2.75) is 13.0 Å². The smallest absolute Gasteiger partial charge is 0.128 e. The molecule has 84 valence electrons. The highest BCUT2D eigenvalue weighted by Crippen LogP contribution is 2.26. The molecule has 0 bridgehead atoms. The molecule has 2 aromatic rings. The van der Waals surface area contributed by atoms with Crippen LogP contribution in [0.2, 0.25) is 5.02 Å². The van der Waals surface area contributed by atoms with E-state index in [1.165, 1.54) is 0 Å². The number of furan rings is 1. The van der Waals surface area contributed by atoms with Crippen molar-refractivity contribution in [3.8, 4) is 0 Å². The van der Waals surface area contributed by atoms with E-state index < -0.39 is 0 Å². The Morgan fingerprint density at radius 1 is 1.19 bits per heavy atom. The van der Waals surface area contributed by atoms with Gasteiger partial charge in [-0.15, -0.1) is 0 Å². The Labute approximate surface area is 100 Å². The number of hydrogen-bond acceptors (Lipinski definition) is 2. The minimum atomic E-state index is 0.0762. The molecule has 16 heavy (non-hydrogen) atoms. The van der Waals surface area contributed by atoms with Gasteiger partial charge in [-0.05, 0) is 43.3 Å². The lowest BCUT2D eigenvalue weighted by atomic mass is 10.0. The Balaban J connectivity index is 2.37. The molecule has 0 amide bonds. The first-order chi connectivity index (χ1) is 7.72. The normalized spacial score (nSPS) is 12.7. The number of aryl methyl sites for hydroxylation is 1. The summed E-state index contributed by atoms with van der Waals surface area (Å²) in [5, 5.41) is 3.99. The van der Waals surface area contributed by atoms with Crippen molar-refractivity contribution in [2.75, 3.05) is 7.05 Å². The summed E-state index contributed by atoms with van der Waals surface area (Å²) >= 11 is 5.87. The number of benzene rings is 1. The minimum absolute atomic E-state index is 0.0762. The van der Waals surface area contributed by atoms with Gasteiger partial charge < -0.3 is 9.73 Å². The van der Waals surface area contributed by atoms with E-state index in [9.17, 15) is 0 Å². The minimum Gasteiger partial charge on any atom is -0.467 e. The molecule has 1 aromatic heterocycles. The van der Waals surface area contributed by atoms with E-state index >= 15 is 0 Å². The standard InChI is InChI=1S/C13H14ClNO/c1-9-7-8-16-13(9)12(15-2)10-3-5-11(14)6-4-10/h3-8,12,15H,1-2H3. The van der Waals surface area contributed by atoms with Gasteiger partial charge in [-0.2, -0.15) is 0 Å². The lowest BCUT2D eigenvalue weighted by Crippen LogP contribution is -2.17. The molecule has 0 aliphatic rings. The molecule has 1 unspecified atom stereocenters. The fraction of sp³-hybridized carbons (Fsp3) is 0.231. The van der Waals surface area contributed by atoms with Crippen molar-refractivity contribution in [1.29, 1.82) is 0 Å². The van der Waals surface area contributed by atoms with Crippen LogP contribution in [0.4, 0.5) is 0 Å². The van der Waals surface area contributed by atoms with Crippen LogP contribution in [-0.2, 0) is 0 Å². The topological polar surface area (TPSA) is 25.2 Å². The van der Waals surface area contributed by atoms with Gasteiger partial charge in [0.2, 0.25) is 0 Å². The van der Waals surface area contributed by atoms with Gasteiger partial charge in [-0.1, -0.05) is 23.7 Å². The summed E-state index contributed by atoms with van der Waals surface area (Å²) in [5.74, 6) is 0.949. The monoisotopic (exact) mass is 235 g/mol. The summed E-state index contributed by atoms with van der Waals surface area (Å²) in [6.45, 7) is 2.04. The molecule has 0 aliphatic carbocycles. The Bertz CT molecular complexity index is 461. The van der Waals surface area contributed by atoms with Gasteiger partial charge >= 0.3 is 0 Å². The third-order valence-electron chi connectivity index (χ3n) is 2.66. The predicted molar refractivity (Wildman–Crippen MR) is 65.8 cm³/mol. The average molecular weight is 236 g/mol. The molecule has 2 nitrogen and oxygen atoms in total. The largest absolute Gasteiger partial charge is 0.467 e. The summed E-state index contributed by atoms with van der Waals surface area (Å²) in [5.41, 5.74) is 2.29. The number of nitrogens with one attached hydrogen (secondary N) is 1. The first-order valence-corrected chi connectivity index (χ1v) is 5.57. The van der Waals surface area contributed by atoms with Crippen LogP contribution in [0.1, 0.15) is 22.9 Å². The van der Waals surface area contributed by atoms with Gasteiger partial charge in [0.05, 0.1) is 12.3 Å². The molecule has 0 fully saturated rings. The van der Waals surface area contributed by atoms with Gasteiger partial charge in [0.25, 0.3) is 0 Å². The first-order valence-electron chi connectivity index (χ1n) is 5.19. The second-order valence-corrected chi connectivity index (χ2v) is 4.18. The third kappa shape index (κ3) is 2.13. The number of hydrogen-bond donors (Lipinski definition) is 1. The zero-order valence-corrected chi connectivity index (χ0v) is 10.1. The fourth-order valence-corrected chi connectivity index (χ4v) is 1.91. The summed E-state index contributed by atoms with van der Waals surface area (Å²) in [6, 6.07) is 9.83. The molecule has 0 aliphatic heterocycles. The molecule has 0 saturated carbocycles. The highest BCUT2D eigenvalue weighted by atomic mass is 35.5. The molecule has 1 N–H and O–H groups in total. The van der Waals surface area contributed by atoms with Gasteiger partial charge in [-0.3, -0.25) is 0 Å². The van der Waals surface area contributed by atoms with E-state index in [1.807, 2.05) is 44.3 Å². The second-order valence-electron chi connectivity index (χ2n) is 3.74. The van der Waals surface area contributed by atoms with Crippen molar-refractivity contribution < 1.29 is 4.42 Å². The third-order valence-corrected chi connectivity index (χ3v) is 2.91. The Morgan fingerprint density at radius 3 is 2.38 bits per heavy atom. The molecule has 0 radical (unpaired) electrons. The van der Waals surface area contributed by atoms with Gasteiger partial charge in [0.1, 0.15) is 5.76 Å². The molecule has 0 spiro atoms. The second kappa shape index (κ2) is 4.73. The number of rotatable bonds is 3. The fourth-order valence-electron chi connectivity index (χ4n) is 1.78. The van der Waals surface area contributed by atoms with E-state index in [1.54, 1.807) is 6.26 Å². The summed E-state index contributed by atoms with van der Waals surface area (Å²) in [6.07, 6.45) is 1.71. The van der Waals surface area contributed by atoms with Gasteiger partial charge in [0, 0.05) is 5.02 Å². The van der Waals surface area contributed by atoms with E-state index in [-0.39, 0.29) is 6.04 Å². The molecule has 2 rings (SSSR count). The summed E-state index contributed by atoms with van der Waals surface area (Å²) < 4.78 is 5.51. The molecule has 1 aromatic carbocycles. The van der Waals surface area contributed by atoms with Gasteiger partial charge in [-0.25, -0.2) is 0 Å². The highest BCUT2D eigenvalue weighted by Gasteiger charge is 2.16. The van der Waals surface area contributed by atoms with Crippen molar-refractivity contribution in [3.63, 3.8) is 0 Å². The van der Waals surface area contributed by atoms with Crippen molar-refractivity contribution in [1.82, 2.24) is 5.32 Å². The van der Waals surface area contributed by atoms with Crippen molar-refractivity contribution in [2.24, 2.45) is 0 Å². The average Bonchev–Trinajstić information content (AvgIpc) is 2.69. The Morgan fingerprint density at radius 2 is 1.88 bits per heavy atom. The highest BCUT2D eigenvalue weighted by molar-refractivity contribution is 6.30. The number of halogens is 1. The Kier molecular flexibility index (Phi) is 3.32. The molecule has 1 heterocycles. The van der Waals surface area contributed by atoms with E-state index in [4.69, 9.17) is 16.0 Å². The summed E-state index contributed by atoms with van der Waals surface area (Å²) in [4.78, 5) is 0. The molecule has 1 atom stereocenters. The van der Waals surface area contributed by atoms with Crippen LogP contribution < -0.4 is 5.32 Å². The molecule has 0 saturated heterocycles. The molecular weight excluding hydrogens is 222 g/mol. The molecular formula is C13H14ClNO. The van der Waals surface area contributed by atoms with E-state index in [2.05, 4.69) is 5.32 Å². The van der Waals surface area contributed by atoms with E-state index in [0.717, 1.165) is 21.9 Å². The maximum absolute atomic E-state index is 5.87. The van der Waals surface area contributed by atoms with Gasteiger partial charge in [0.15, 0.2) is 0 Å². The zero-order valence-electron chi connectivity index (χ0n) is 9.33. The van der Waals surface area contributed by atoms with E-state index in [0.29, 0.717) is 0 Å². The molecule has 3 heteroatoms. The van der Waals surface area contributed by atoms with Crippen LogP contribution in [0.25, 0.3) is 0 Å². The van der Waals surface area contributed by atoms with Crippen LogP contribution in [0.3, 0.4) is 0 Å². The predicted octanol–water partition coefficient (Wildman–Crippen LogP) is 3.55. The van der Waals surface area contributed by atoms with Crippen LogP contribution >= 0.6 is 11.6 Å². The quantitative estimate of drug-likeness (QED) is 0.880. The van der Waals surface area contributed by atoms with Crippen molar-refractivity contribution >= 4 is 11.6 Å². The zero-order chi connectivity index (χ0) is 11.5. The van der Waals surface area contributed by atoms with Crippen LogP contribution in [-0.4, -0.2) is 7.05 Å². The Hall–Kier alpha value is -1.25. The van der Waals surface area contributed by atoms with Crippen LogP contribution in [0.5, 0.6) is 0 Å². The lowest BCUT2D eigenvalue weighted by Gasteiger charge is -2.15.